The minimum absolute atomic E-state index is 0.204. The third-order valence-corrected chi connectivity index (χ3v) is 4.49. The monoisotopic (exact) mass is 338 g/mol. The van der Waals surface area contributed by atoms with Gasteiger partial charge < -0.3 is 14.5 Å². The van der Waals surface area contributed by atoms with Crippen molar-refractivity contribution in [3.63, 3.8) is 0 Å². The SMILES string of the molecule is O=C(OCc1ccccc1)N1CCN(C(=O)C2CC(F)(F)C2)CC1. The van der Waals surface area contributed by atoms with Crippen molar-refractivity contribution in [2.75, 3.05) is 26.2 Å². The minimum Gasteiger partial charge on any atom is -0.445 e. The lowest BCUT2D eigenvalue weighted by Gasteiger charge is -2.40. The molecular formula is C17H20F2N2O3. The van der Waals surface area contributed by atoms with Crippen LogP contribution in [0.5, 0.6) is 0 Å². The fourth-order valence-corrected chi connectivity index (χ4v) is 3.01. The van der Waals surface area contributed by atoms with Crippen LogP contribution in [-0.4, -0.2) is 53.9 Å². The average Bonchev–Trinajstić information content (AvgIpc) is 2.58. The van der Waals surface area contributed by atoms with Crippen molar-refractivity contribution < 1.29 is 23.1 Å². The third-order valence-electron chi connectivity index (χ3n) is 4.49. The first-order valence-electron chi connectivity index (χ1n) is 8.07. The molecule has 0 unspecified atom stereocenters. The molecule has 1 aliphatic heterocycles. The van der Waals surface area contributed by atoms with Crippen LogP contribution in [0.25, 0.3) is 0 Å². The standard InChI is InChI=1S/C17H20F2N2O3/c18-17(19)10-14(11-17)15(22)20-6-8-21(9-7-20)16(23)24-12-13-4-2-1-3-5-13/h1-5,14H,6-12H2. The molecule has 1 saturated carbocycles. The molecule has 2 aliphatic rings. The lowest BCUT2D eigenvalue weighted by molar-refractivity contribution is -0.161. The molecule has 2 fully saturated rings. The van der Waals surface area contributed by atoms with Crippen molar-refractivity contribution in [1.29, 1.82) is 0 Å². The van der Waals surface area contributed by atoms with Gasteiger partial charge >= 0.3 is 6.09 Å². The number of carbonyl (C=O) groups is 2. The zero-order chi connectivity index (χ0) is 17.2. The maximum Gasteiger partial charge on any atom is 0.410 e. The van der Waals surface area contributed by atoms with Gasteiger partial charge in [0.2, 0.25) is 11.8 Å². The molecule has 1 aliphatic carbocycles. The number of nitrogens with zero attached hydrogens (tertiary/aromatic N) is 2. The van der Waals surface area contributed by atoms with Gasteiger partial charge in [0.25, 0.3) is 0 Å². The fourth-order valence-electron chi connectivity index (χ4n) is 3.01. The van der Waals surface area contributed by atoms with Crippen molar-refractivity contribution >= 4 is 12.0 Å². The predicted octanol–water partition coefficient (Wildman–Crippen LogP) is 2.51. The largest absolute Gasteiger partial charge is 0.445 e. The average molecular weight is 338 g/mol. The molecule has 3 rings (SSSR count). The van der Waals surface area contributed by atoms with Crippen LogP contribution < -0.4 is 0 Å². The van der Waals surface area contributed by atoms with Gasteiger partial charge in [-0.15, -0.1) is 0 Å². The van der Waals surface area contributed by atoms with Crippen LogP contribution in [0.1, 0.15) is 18.4 Å². The molecule has 0 atom stereocenters. The van der Waals surface area contributed by atoms with E-state index in [9.17, 15) is 18.4 Å². The first-order valence-corrected chi connectivity index (χ1v) is 8.07. The summed E-state index contributed by atoms with van der Waals surface area (Å²) >= 11 is 0. The Hall–Kier alpha value is -2.18. The van der Waals surface area contributed by atoms with Gasteiger partial charge in [0, 0.05) is 44.9 Å². The van der Waals surface area contributed by atoms with Gasteiger partial charge in [-0.05, 0) is 5.56 Å². The van der Waals surface area contributed by atoms with Crippen LogP contribution in [0.15, 0.2) is 30.3 Å². The van der Waals surface area contributed by atoms with Gasteiger partial charge in [0.05, 0.1) is 0 Å². The van der Waals surface area contributed by atoms with E-state index in [1.165, 1.54) is 0 Å². The quantitative estimate of drug-likeness (QED) is 0.851. The second-order valence-electron chi connectivity index (χ2n) is 6.31. The predicted molar refractivity (Wildman–Crippen MR) is 82.5 cm³/mol. The normalized spacial score (nSPS) is 20.4. The van der Waals surface area contributed by atoms with Crippen molar-refractivity contribution in [3.8, 4) is 0 Å². The number of rotatable bonds is 3. The van der Waals surface area contributed by atoms with E-state index in [4.69, 9.17) is 4.74 Å². The zero-order valence-corrected chi connectivity index (χ0v) is 13.3. The maximum absolute atomic E-state index is 12.9. The number of amides is 2. The summed E-state index contributed by atoms with van der Waals surface area (Å²) < 4.78 is 31.0. The molecule has 1 aromatic rings. The van der Waals surface area contributed by atoms with E-state index >= 15 is 0 Å². The number of hydrogen-bond donors (Lipinski definition) is 0. The number of piperazine rings is 1. The highest BCUT2D eigenvalue weighted by Gasteiger charge is 2.50. The zero-order valence-electron chi connectivity index (χ0n) is 13.3. The number of alkyl halides is 2. The van der Waals surface area contributed by atoms with Crippen LogP contribution in [0, 0.1) is 5.92 Å². The van der Waals surface area contributed by atoms with E-state index in [0.29, 0.717) is 26.2 Å². The summed E-state index contributed by atoms with van der Waals surface area (Å²) in [5.74, 6) is -3.49. The summed E-state index contributed by atoms with van der Waals surface area (Å²) in [5, 5.41) is 0. The molecule has 0 N–H and O–H groups in total. The Morgan fingerprint density at radius 3 is 2.21 bits per heavy atom. The maximum atomic E-state index is 12.9. The molecule has 0 radical (unpaired) electrons. The summed E-state index contributed by atoms with van der Waals surface area (Å²) in [5.41, 5.74) is 0.908. The summed E-state index contributed by atoms with van der Waals surface area (Å²) in [6.45, 7) is 1.66. The van der Waals surface area contributed by atoms with Gasteiger partial charge in [0.15, 0.2) is 0 Å². The first-order chi connectivity index (χ1) is 11.4. The van der Waals surface area contributed by atoms with Gasteiger partial charge in [-0.3, -0.25) is 4.79 Å². The first kappa shape index (κ1) is 16.7. The van der Waals surface area contributed by atoms with Gasteiger partial charge in [-0.25, -0.2) is 13.6 Å². The molecule has 1 heterocycles. The van der Waals surface area contributed by atoms with Crippen molar-refractivity contribution in [2.24, 2.45) is 5.92 Å². The molecule has 0 spiro atoms. The van der Waals surface area contributed by atoms with Crippen LogP contribution in [-0.2, 0) is 16.1 Å². The van der Waals surface area contributed by atoms with E-state index < -0.39 is 17.9 Å². The Morgan fingerprint density at radius 2 is 1.62 bits per heavy atom. The Kier molecular flexibility index (Phi) is 4.69. The smallest absolute Gasteiger partial charge is 0.410 e. The lowest BCUT2D eigenvalue weighted by atomic mass is 9.80. The van der Waals surface area contributed by atoms with E-state index in [2.05, 4.69) is 0 Å². The number of carbonyl (C=O) groups excluding carboxylic acids is 2. The van der Waals surface area contributed by atoms with E-state index in [0.717, 1.165) is 5.56 Å². The third kappa shape index (κ3) is 3.83. The van der Waals surface area contributed by atoms with Crippen LogP contribution in [0.2, 0.25) is 0 Å². The minimum atomic E-state index is -2.69. The Morgan fingerprint density at radius 1 is 1.04 bits per heavy atom. The number of halogens is 2. The Balaban J connectivity index is 1.41. The summed E-state index contributed by atoms with van der Waals surface area (Å²) in [4.78, 5) is 27.3. The highest BCUT2D eigenvalue weighted by Crippen LogP contribution is 2.43. The van der Waals surface area contributed by atoms with Crippen LogP contribution in [0.4, 0.5) is 13.6 Å². The van der Waals surface area contributed by atoms with Gasteiger partial charge in [-0.2, -0.15) is 0 Å². The topological polar surface area (TPSA) is 49.9 Å². The van der Waals surface area contributed by atoms with E-state index in [1.807, 2.05) is 30.3 Å². The molecular weight excluding hydrogens is 318 g/mol. The van der Waals surface area contributed by atoms with Crippen LogP contribution in [0.3, 0.4) is 0 Å². The Bertz CT molecular complexity index is 593. The van der Waals surface area contributed by atoms with E-state index in [-0.39, 0.29) is 25.4 Å². The highest BCUT2D eigenvalue weighted by molar-refractivity contribution is 5.80. The molecule has 0 aromatic heterocycles. The van der Waals surface area contributed by atoms with E-state index in [1.54, 1.807) is 9.80 Å². The second kappa shape index (κ2) is 6.75. The fraction of sp³-hybridized carbons (Fsp3) is 0.529. The molecule has 0 bridgehead atoms. The molecule has 5 nitrogen and oxygen atoms in total. The van der Waals surface area contributed by atoms with Crippen LogP contribution >= 0.6 is 0 Å². The summed E-state index contributed by atoms with van der Waals surface area (Å²) in [7, 11) is 0. The summed E-state index contributed by atoms with van der Waals surface area (Å²) in [6.07, 6.45) is -1.13. The number of ether oxygens (including phenoxy) is 1. The van der Waals surface area contributed by atoms with Crippen molar-refractivity contribution in [3.05, 3.63) is 35.9 Å². The molecule has 24 heavy (non-hydrogen) atoms. The summed E-state index contributed by atoms with van der Waals surface area (Å²) in [6, 6.07) is 9.38. The van der Waals surface area contributed by atoms with Crippen molar-refractivity contribution in [1.82, 2.24) is 9.80 Å². The molecule has 1 saturated heterocycles. The second-order valence-corrected chi connectivity index (χ2v) is 6.31. The van der Waals surface area contributed by atoms with Gasteiger partial charge in [-0.1, -0.05) is 30.3 Å². The Labute approximate surface area is 139 Å². The highest BCUT2D eigenvalue weighted by atomic mass is 19.3. The number of hydrogen-bond acceptors (Lipinski definition) is 3. The van der Waals surface area contributed by atoms with Crippen molar-refractivity contribution in [2.45, 2.75) is 25.4 Å². The number of benzene rings is 1. The molecule has 1 aromatic carbocycles. The molecule has 130 valence electrons. The lowest BCUT2D eigenvalue weighted by Crippen LogP contribution is -2.54. The molecule has 7 heteroatoms. The van der Waals surface area contributed by atoms with Gasteiger partial charge in [0.1, 0.15) is 6.61 Å². The molecule has 2 amide bonds.